The highest BCUT2D eigenvalue weighted by Crippen LogP contribution is 2.41. The summed E-state index contributed by atoms with van der Waals surface area (Å²) in [5.41, 5.74) is 6.98. The second-order valence-corrected chi connectivity index (χ2v) is 12.1. The lowest BCUT2D eigenvalue weighted by molar-refractivity contribution is -0.642. The highest BCUT2D eigenvalue weighted by Gasteiger charge is 2.53. The minimum Gasteiger partial charge on any atom is -0.543 e. The van der Waals surface area contributed by atoms with Crippen LogP contribution in [0.15, 0.2) is 44.5 Å². The van der Waals surface area contributed by atoms with Crippen LogP contribution in [0.5, 0.6) is 0 Å². The highest BCUT2D eigenvalue weighted by atomic mass is 32.2. The SMILES string of the molecule is CO/N=C(/C(=O)NC1C(=O)N2C(C(=O)[O-])=C(CSc3nc4ccc[n+](C)c4s3)CSC12)c1csc(N)n1. The molecular formula is C21H19N7O5S4. The number of nitrogen functional groups attached to an aromatic ring is 1. The predicted molar refractivity (Wildman–Crippen MR) is 139 cm³/mol. The molecule has 0 aliphatic carbocycles. The number of thioether (sulfide) groups is 2. The van der Waals surface area contributed by atoms with Crippen LogP contribution in [0.25, 0.3) is 10.3 Å². The quantitative estimate of drug-likeness (QED) is 0.119. The third-order valence-corrected chi connectivity index (χ3v) is 9.96. The molecule has 3 aromatic rings. The number of rotatable bonds is 8. The molecule has 2 unspecified atom stereocenters. The zero-order valence-electron chi connectivity index (χ0n) is 19.4. The van der Waals surface area contributed by atoms with Gasteiger partial charge in [-0.05, 0) is 23.0 Å². The molecule has 0 bridgehead atoms. The van der Waals surface area contributed by atoms with Gasteiger partial charge in [-0.15, -0.1) is 23.1 Å². The Morgan fingerprint density at radius 2 is 2.24 bits per heavy atom. The van der Waals surface area contributed by atoms with Gasteiger partial charge in [0.25, 0.3) is 16.6 Å². The first kappa shape index (κ1) is 25.4. The number of nitrogens with zero attached hydrogens (tertiary/aromatic N) is 5. The third kappa shape index (κ3) is 4.76. The van der Waals surface area contributed by atoms with Gasteiger partial charge in [0.1, 0.15) is 36.8 Å². The number of hydrogen-bond acceptors (Lipinski definition) is 13. The maximum absolute atomic E-state index is 13.0. The number of nitrogens with one attached hydrogen (secondary N) is 1. The largest absolute Gasteiger partial charge is 0.543 e. The zero-order valence-corrected chi connectivity index (χ0v) is 22.6. The highest BCUT2D eigenvalue weighted by molar-refractivity contribution is 8.02. The first-order valence-electron chi connectivity index (χ1n) is 10.7. The van der Waals surface area contributed by atoms with Crippen LogP contribution in [-0.2, 0) is 26.3 Å². The molecule has 1 saturated heterocycles. The lowest BCUT2D eigenvalue weighted by atomic mass is 10.0. The summed E-state index contributed by atoms with van der Waals surface area (Å²) >= 11 is 5.42. The van der Waals surface area contributed by atoms with E-state index in [4.69, 9.17) is 10.6 Å². The standard InChI is InChI=1S/C21H19N7O5S4/c1-27-5-3-4-10-17(27)37-21(24-10)36-7-9-6-34-18-13(16(30)28(18)14(9)19(31)32)25-15(29)12(26-33-2)11-8-35-20(22)23-11/h3-5,8,13,18H,6-7H2,1-2H3,(H3-,22,23,25,29,31,32)/b26-12+. The Labute approximate surface area is 226 Å². The van der Waals surface area contributed by atoms with Crippen molar-refractivity contribution in [3.05, 3.63) is 40.7 Å². The molecule has 0 aromatic carbocycles. The fourth-order valence-electron chi connectivity index (χ4n) is 3.89. The monoisotopic (exact) mass is 577 g/mol. The molecule has 2 amide bonds. The molecule has 0 spiro atoms. The Morgan fingerprint density at radius 1 is 1.43 bits per heavy atom. The average molecular weight is 578 g/mol. The van der Waals surface area contributed by atoms with E-state index in [1.165, 1.54) is 46.9 Å². The Kier molecular flexibility index (Phi) is 7.06. The van der Waals surface area contributed by atoms with E-state index in [0.29, 0.717) is 17.1 Å². The van der Waals surface area contributed by atoms with Crippen LogP contribution in [0.3, 0.4) is 0 Å². The van der Waals surface area contributed by atoms with Crippen molar-refractivity contribution in [3.63, 3.8) is 0 Å². The van der Waals surface area contributed by atoms with Crippen molar-refractivity contribution in [3.8, 4) is 0 Å². The van der Waals surface area contributed by atoms with Gasteiger partial charge in [0.15, 0.2) is 21.4 Å². The first-order chi connectivity index (χ1) is 17.8. The summed E-state index contributed by atoms with van der Waals surface area (Å²) in [4.78, 5) is 53.5. The molecule has 2 aliphatic rings. The lowest BCUT2D eigenvalue weighted by Gasteiger charge is -2.50. The topological polar surface area (TPSA) is 167 Å². The molecule has 3 N–H and O–H groups in total. The molecule has 2 atom stereocenters. The van der Waals surface area contributed by atoms with Crippen LogP contribution in [0.1, 0.15) is 5.69 Å². The maximum atomic E-state index is 13.0. The van der Waals surface area contributed by atoms with Crippen molar-refractivity contribution in [2.75, 3.05) is 24.3 Å². The Bertz CT molecular complexity index is 1480. The van der Waals surface area contributed by atoms with Gasteiger partial charge in [0.05, 0.1) is 11.7 Å². The number of pyridine rings is 1. The molecule has 12 nitrogen and oxygen atoms in total. The third-order valence-electron chi connectivity index (χ3n) is 5.56. The summed E-state index contributed by atoms with van der Waals surface area (Å²) in [6.45, 7) is 0. The number of β-lactam (4-membered cyclic amide) rings is 1. The summed E-state index contributed by atoms with van der Waals surface area (Å²) in [6.07, 6.45) is 1.94. The smallest absolute Gasteiger partial charge is 0.289 e. The zero-order chi connectivity index (χ0) is 26.3. The van der Waals surface area contributed by atoms with E-state index in [1.807, 2.05) is 29.9 Å². The molecule has 192 valence electrons. The molecule has 2 aliphatic heterocycles. The van der Waals surface area contributed by atoms with Gasteiger partial charge < -0.3 is 25.8 Å². The van der Waals surface area contributed by atoms with Crippen molar-refractivity contribution < 1.29 is 28.9 Å². The van der Waals surface area contributed by atoms with Gasteiger partial charge in [0.2, 0.25) is 0 Å². The number of carbonyl (C=O) groups is 3. The van der Waals surface area contributed by atoms with Crippen molar-refractivity contribution in [1.29, 1.82) is 0 Å². The summed E-state index contributed by atoms with van der Waals surface area (Å²) in [7, 11) is 3.21. The summed E-state index contributed by atoms with van der Waals surface area (Å²) in [6, 6.07) is 2.89. The minimum absolute atomic E-state index is 0.139. The van der Waals surface area contributed by atoms with Gasteiger partial charge in [-0.1, -0.05) is 16.9 Å². The van der Waals surface area contributed by atoms with Crippen LogP contribution >= 0.6 is 46.2 Å². The molecule has 5 heterocycles. The second-order valence-electron chi connectivity index (χ2n) is 7.87. The molecule has 1 fully saturated rings. The second kappa shape index (κ2) is 10.3. The number of hydrogen-bond donors (Lipinski definition) is 2. The minimum atomic E-state index is -1.44. The van der Waals surface area contributed by atoms with Crippen LogP contribution in [0.4, 0.5) is 5.13 Å². The normalized spacial score (nSPS) is 19.6. The van der Waals surface area contributed by atoms with Gasteiger partial charge in [0, 0.05) is 23.0 Å². The number of nitrogens with two attached hydrogens (primary N) is 1. The van der Waals surface area contributed by atoms with E-state index in [0.717, 1.165) is 26.0 Å². The van der Waals surface area contributed by atoms with Crippen molar-refractivity contribution in [2.45, 2.75) is 15.8 Å². The number of oxime groups is 1. The summed E-state index contributed by atoms with van der Waals surface area (Å²) in [5.74, 6) is -1.97. The number of carboxylic acids is 1. The molecule has 0 saturated carbocycles. The number of aromatic nitrogens is 3. The summed E-state index contributed by atoms with van der Waals surface area (Å²) in [5, 5.41) is 19.6. The molecule has 5 rings (SSSR count). The number of carbonyl (C=O) groups excluding carboxylic acids is 3. The fourth-order valence-corrected chi connectivity index (χ4v) is 8.00. The fraction of sp³-hybridized carbons (Fsp3) is 0.286. The predicted octanol–water partition coefficient (Wildman–Crippen LogP) is -0.294. The number of carboxylic acid groups (broad SMARTS) is 1. The van der Waals surface area contributed by atoms with Gasteiger partial charge in [-0.3, -0.25) is 14.5 Å². The number of amides is 2. The number of thiazole rings is 2. The first-order valence-corrected chi connectivity index (χ1v) is 14.4. The number of anilines is 1. The van der Waals surface area contributed by atoms with Crippen molar-refractivity contribution in [1.82, 2.24) is 20.2 Å². The number of fused-ring (bicyclic) bond motifs is 2. The average Bonchev–Trinajstić information content (AvgIpc) is 3.50. The van der Waals surface area contributed by atoms with E-state index in [2.05, 4.69) is 20.4 Å². The van der Waals surface area contributed by atoms with Gasteiger partial charge >= 0.3 is 0 Å². The lowest BCUT2D eigenvalue weighted by Crippen LogP contribution is -2.71. The van der Waals surface area contributed by atoms with Crippen LogP contribution in [-0.4, -0.2) is 68.4 Å². The molecule has 37 heavy (non-hydrogen) atoms. The van der Waals surface area contributed by atoms with Crippen molar-refractivity contribution >= 4 is 85.2 Å². The number of aryl methyl sites for hydroxylation is 1. The van der Waals surface area contributed by atoms with E-state index in [1.54, 1.807) is 5.38 Å². The Hall–Kier alpha value is -3.21. The van der Waals surface area contributed by atoms with E-state index in [9.17, 15) is 19.5 Å². The Morgan fingerprint density at radius 3 is 2.92 bits per heavy atom. The van der Waals surface area contributed by atoms with E-state index in [-0.39, 0.29) is 22.2 Å². The maximum Gasteiger partial charge on any atom is 0.289 e. The Balaban J connectivity index is 1.31. The summed E-state index contributed by atoms with van der Waals surface area (Å²) < 4.78 is 2.77. The van der Waals surface area contributed by atoms with Crippen LogP contribution in [0, 0.1) is 0 Å². The molecule has 0 radical (unpaired) electrons. The van der Waals surface area contributed by atoms with E-state index >= 15 is 0 Å². The van der Waals surface area contributed by atoms with Crippen LogP contribution in [0.2, 0.25) is 0 Å². The molecule has 3 aromatic heterocycles. The van der Waals surface area contributed by atoms with Crippen molar-refractivity contribution in [2.24, 2.45) is 12.2 Å². The van der Waals surface area contributed by atoms with Crippen LogP contribution < -0.4 is 20.7 Å². The van der Waals surface area contributed by atoms with E-state index < -0.39 is 29.2 Å². The number of aliphatic carboxylic acids is 1. The van der Waals surface area contributed by atoms with Gasteiger partial charge in [-0.25, -0.2) is 9.97 Å². The molecular weight excluding hydrogens is 559 g/mol. The van der Waals surface area contributed by atoms with Gasteiger partial charge in [-0.2, -0.15) is 4.57 Å². The molecule has 16 heteroatoms.